The molecule has 1 aliphatic carbocycles. The van der Waals surface area contributed by atoms with E-state index in [9.17, 15) is 22.8 Å². The predicted molar refractivity (Wildman–Crippen MR) is 136 cm³/mol. The largest absolute Gasteiger partial charge is 0.458 e. The third-order valence-corrected chi connectivity index (χ3v) is 5.04. The molecule has 0 aromatic heterocycles. The maximum absolute atomic E-state index is 12.9. The van der Waals surface area contributed by atoms with Gasteiger partial charge in [-0.05, 0) is 74.4 Å². The molecule has 6 nitrogen and oxygen atoms in total. The van der Waals surface area contributed by atoms with Gasteiger partial charge in [0.2, 0.25) is 0 Å². The fourth-order valence-corrected chi connectivity index (χ4v) is 3.01. The number of urea groups is 1. The summed E-state index contributed by atoms with van der Waals surface area (Å²) < 4.78 is 44.4. The zero-order valence-corrected chi connectivity index (χ0v) is 20.9. The van der Waals surface area contributed by atoms with Crippen LogP contribution in [0.4, 0.5) is 29.3 Å². The molecule has 1 aliphatic heterocycles. The first-order valence-electron chi connectivity index (χ1n) is 11.5. The van der Waals surface area contributed by atoms with Crippen molar-refractivity contribution in [3.05, 3.63) is 77.2 Å². The molecule has 1 saturated carbocycles. The number of alkyl halides is 3. The Balaban J connectivity index is 0.000000570. The number of aldehydes is 1. The van der Waals surface area contributed by atoms with Gasteiger partial charge in [0, 0.05) is 29.5 Å². The van der Waals surface area contributed by atoms with Gasteiger partial charge in [0.05, 0.1) is 10.6 Å². The number of allylic oxidation sites excluding steroid dienone is 1. The van der Waals surface area contributed by atoms with Crippen LogP contribution in [-0.2, 0) is 11.0 Å². The second-order valence-corrected chi connectivity index (χ2v) is 8.14. The Bertz CT molecular complexity index is 1080. The van der Waals surface area contributed by atoms with Crippen molar-refractivity contribution < 1.29 is 27.5 Å². The van der Waals surface area contributed by atoms with Crippen molar-refractivity contribution in [1.29, 1.82) is 0 Å². The Hall–Kier alpha value is -3.46. The van der Waals surface area contributed by atoms with Crippen molar-refractivity contribution in [3.8, 4) is 5.75 Å². The van der Waals surface area contributed by atoms with Gasteiger partial charge >= 0.3 is 12.2 Å². The molecule has 0 spiro atoms. The summed E-state index contributed by atoms with van der Waals surface area (Å²) in [6, 6.07) is 9.19. The van der Waals surface area contributed by atoms with Crippen molar-refractivity contribution in [2.45, 2.75) is 45.8 Å². The number of benzene rings is 2. The van der Waals surface area contributed by atoms with Gasteiger partial charge in [-0.3, -0.25) is 0 Å². The van der Waals surface area contributed by atoms with Gasteiger partial charge in [-0.2, -0.15) is 13.2 Å². The Labute approximate surface area is 213 Å². The lowest BCUT2D eigenvalue weighted by atomic mass is 10.2. The fourth-order valence-electron chi connectivity index (χ4n) is 2.79. The van der Waals surface area contributed by atoms with Gasteiger partial charge in [0.25, 0.3) is 0 Å². The molecule has 2 aromatic carbocycles. The Morgan fingerprint density at radius 3 is 2.22 bits per heavy atom. The van der Waals surface area contributed by atoms with E-state index in [0.717, 1.165) is 31.3 Å². The van der Waals surface area contributed by atoms with Gasteiger partial charge in [0.1, 0.15) is 17.8 Å². The summed E-state index contributed by atoms with van der Waals surface area (Å²) >= 11 is 5.57. The lowest BCUT2D eigenvalue weighted by Crippen LogP contribution is -2.21. The number of anilines is 2. The second-order valence-electron chi connectivity index (χ2n) is 7.73. The van der Waals surface area contributed by atoms with E-state index >= 15 is 0 Å². The van der Waals surface area contributed by atoms with Crippen LogP contribution in [0.5, 0.6) is 5.75 Å². The van der Waals surface area contributed by atoms with Crippen molar-refractivity contribution in [2.75, 3.05) is 10.6 Å². The van der Waals surface area contributed by atoms with Crippen LogP contribution >= 0.6 is 11.6 Å². The molecule has 1 fully saturated rings. The van der Waals surface area contributed by atoms with Crippen LogP contribution in [-0.4, -0.2) is 18.4 Å². The highest BCUT2D eigenvalue weighted by Crippen LogP contribution is 2.36. The average Bonchev–Trinajstić information content (AvgIpc) is 3.68. The van der Waals surface area contributed by atoms with E-state index in [-0.39, 0.29) is 11.7 Å². The van der Waals surface area contributed by atoms with Crippen molar-refractivity contribution in [1.82, 2.24) is 5.32 Å². The Morgan fingerprint density at radius 2 is 1.69 bits per heavy atom. The first-order chi connectivity index (χ1) is 17.1. The summed E-state index contributed by atoms with van der Waals surface area (Å²) in [5, 5.41) is 7.56. The normalized spacial score (nSPS) is 16.1. The van der Waals surface area contributed by atoms with E-state index in [0.29, 0.717) is 23.1 Å². The summed E-state index contributed by atoms with van der Waals surface area (Å²) in [7, 11) is 0. The quantitative estimate of drug-likeness (QED) is 0.357. The van der Waals surface area contributed by atoms with E-state index in [1.54, 1.807) is 36.5 Å². The minimum absolute atomic E-state index is 0.0297. The minimum atomic E-state index is -4.61. The van der Waals surface area contributed by atoms with E-state index in [1.807, 2.05) is 26.8 Å². The van der Waals surface area contributed by atoms with Crippen LogP contribution in [0.1, 0.15) is 39.2 Å². The van der Waals surface area contributed by atoms with Crippen LogP contribution in [0.15, 0.2) is 66.6 Å². The summed E-state index contributed by atoms with van der Waals surface area (Å²) in [5.74, 6) is 1.72. The molecule has 2 aliphatic rings. The maximum atomic E-state index is 12.9. The molecule has 2 aromatic rings. The first kappa shape index (κ1) is 28.8. The molecule has 194 valence electrons. The van der Waals surface area contributed by atoms with Gasteiger partial charge in [-0.25, -0.2) is 4.79 Å². The van der Waals surface area contributed by atoms with Crippen molar-refractivity contribution >= 4 is 35.3 Å². The lowest BCUT2D eigenvalue weighted by molar-refractivity contribution is -0.137. The molecule has 36 heavy (non-hydrogen) atoms. The summed E-state index contributed by atoms with van der Waals surface area (Å²) in [4.78, 5) is 21.6. The summed E-state index contributed by atoms with van der Waals surface area (Å²) in [5.41, 5.74) is -0.602. The van der Waals surface area contributed by atoms with Gasteiger partial charge in [-0.1, -0.05) is 25.4 Å². The van der Waals surface area contributed by atoms with E-state index in [2.05, 4.69) is 16.0 Å². The number of carbonyl (C=O) groups is 2. The van der Waals surface area contributed by atoms with Gasteiger partial charge < -0.3 is 25.5 Å². The second kappa shape index (κ2) is 13.6. The molecular formula is C26H29ClF3N3O3. The van der Waals surface area contributed by atoms with Crippen LogP contribution in [0, 0.1) is 5.92 Å². The monoisotopic (exact) mass is 523 g/mol. The maximum Gasteiger partial charge on any atom is 0.417 e. The molecule has 3 N–H and O–H groups in total. The standard InChI is InChI=1S/C20H17ClF3N3O2.C4H6O.C2H6/c1-12-10-16(8-9-25-12)29-15-5-2-13(3-6-15)26-19(28)27-14-4-7-18(21)17(11-14)20(22,23)24;5-3-4-1-2-4;1-2/h2-12,25H,1H3,(H2,26,27,28);3-4H,1-2H2;1-2H3. The topological polar surface area (TPSA) is 79.5 Å². The zero-order chi connectivity index (χ0) is 26.7. The summed E-state index contributed by atoms with van der Waals surface area (Å²) in [6.45, 7) is 5.98. The number of hydrogen-bond donors (Lipinski definition) is 3. The highest BCUT2D eigenvalue weighted by Gasteiger charge is 2.33. The van der Waals surface area contributed by atoms with Crippen LogP contribution < -0.4 is 20.7 Å². The molecule has 0 radical (unpaired) electrons. The third-order valence-electron chi connectivity index (χ3n) is 4.71. The third kappa shape index (κ3) is 9.65. The minimum Gasteiger partial charge on any atom is -0.458 e. The Kier molecular flexibility index (Phi) is 10.9. The zero-order valence-electron chi connectivity index (χ0n) is 20.2. The fraction of sp³-hybridized carbons (Fsp3) is 0.308. The molecule has 1 atom stereocenters. The lowest BCUT2D eigenvalue weighted by Gasteiger charge is -2.15. The average molecular weight is 524 g/mol. The van der Waals surface area contributed by atoms with E-state index in [4.69, 9.17) is 16.3 Å². The molecule has 10 heteroatoms. The summed E-state index contributed by atoms with van der Waals surface area (Å²) in [6.07, 6.45) is 4.20. The molecule has 0 saturated heterocycles. The number of rotatable bonds is 5. The van der Waals surface area contributed by atoms with Crippen LogP contribution in [0.2, 0.25) is 5.02 Å². The molecule has 1 heterocycles. The van der Waals surface area contributed by atoms with E-state index in [1.165, 1.54) is 6.07 Å². The number of hydrogen-bond acceptors (Lipinski definition) is 4. The number of halogens is 4. The van der Waals surface area contributed by atoms with Gasteiger partial charge in [-0.15, -0.1) is 0 Å². The smallest absolute Gasteiger partial charge is 0.417 e. The van der Waals surface area contributed by atoms with Crippen LogP contribution in [0.25, 0.3) is 0 Å². The molecule has 1 unspecified atom stereocenters. The molecule has 4 rings (SSSR count). The highest BCUT2D eigenvalue weighted by atomic mass is 35.5. The van der Waals surface area contributed by atoms with Crippen LogP contribution in [0.3, 0.4) is 0 Å². The predicted octanol–water partition coefficient (Wildman–Crippen LogP) is 7.39. The van der Waals surface area contributed by atoms with Crippen molar-refractivity contribution in [2.24, 2.45) is 5.92 Å². The molecule has 2 amide bonds. The highest BCUT2D eigenvalue weighted by molar-refractivity contribution is 6.31. The number of ether oxygens (including phenoxy) is 1. The molecular weight excluding hydrogens is 495 g/mol. The number of nitrogens with one attached hydrogen (secondary N) is 3. The van der Waals surface area contributed by atoms with E-state index < -0.39 is 22.8 Å². The SMILES string of the molecule is CC.CC1C=C(Oc2ccc(NC(=O)Nc3ccc(Cl)c(C(F)(F)F)c3)cc2)C=CN1.O=CC1CC1. The van der Waals surface area contributed by atoms with Crippen molar-refractivity contribution in [3.63, 3.8) is 0 Å². The Morgan fingerprint density at radius 1 is 1.08 bits per heavy atom. The first-order valence-corrected chi connectivity index (χ1v) is 11.8. The number of dihydropyridines is 1. The number of carbonyl (C=O) groups excluding carboxylic acids is 2. The molecule has 0 bridgehead atoms. The number of amides is 2. The van der Waals surface area contributed by atoms with Gasteiger partial charge in [0.15, 0.2) is 0 Å².